The van der Waals surface area contributed by atoms with Crippen LogP contribution in [0.25, 0.3) is 0 Å². The van der Waals surface area contributed by atoms with E-state index in [4.69, 9.17) is 37.4 Å². The van der Waals surface area contributed by atoms with Crippen LogP contribution < -0.4 is 9.47 Å². The zero-order chi connectivity index (χ0) is 18.4. The van der Waals surface area contributed by atoms with E-state index in [-0.39, 0.29) is 18.3 Å². The minimum Gasteiger partial charge on any atom is -0.469 e. The molecule has 7 heteroatoms. The fourth-order valence-corrected chi connectivity index (χ4v) is 2.19. The molecule has 0 N–H and O–H groups in total. The maximum atomic E-state index is 6.01. The third kappa shape index (κ3) is 6.69. The molecule has 0 spiro atoms. The average Bonchev–Trinajstić information content (AvgIpc) is 2.55. The van der Waals surface area contributed by atoms with Gasteiger partial charge in [0, 0.05) is 12.4 Å². The zero-order valence-electron chi connectivity index (χ0n) is 14.8. The van der Waals surface area contributed by atoms with Gasteiger partial charge >= 0.3 is 0 Å². The molecule has 0 saturated heterocycles. The maximum Gasteiger partial charge on any atom is 0.278 e. The second-order valence-electron chi connectivity index (χ2n) is 6.56. The van der Waals surface area contributed by atoms with Crippen molar-refractivity contribution in [3.63, 3.8) is 0 Å². The third-order valence-electron chi connectivity index (χ3n) is 3.06. The second-order valence-corrected chi connectivity index (χ2v) is 7.37. The minimum atomic E-state index is -0.229. The number of halogens is 2. The van der Waals surface area contributed by atoms with E-state index >= 15 is 0 Å². The van der Waals surface area contributed by atoms with Crippen molar-refractivity contribution in [1.82, 2.24) is 9.97 Å². The molecule has 1 heterocycles. The Labute approximate surface area is 158 Å². The predicted molar refractivity (Wildman–Crippen MR) is 98.6 cm³/mol. The SMILES string of the molecule is CC(COC(C)(C)C)Oc1nccnc1OCc1ccc(Cl)c(Cl)c1. The first-order chi connectivity index (χ1) is 11.7. The van der Waals surface area contributed by atoms with Crippen molar-refractivity contribution in [2.24, 2.45) is 0 Å². The number of ether oxygens (including phenoxy) is 3. The van der Waals surface area contributed by atoms with Crippen molar-refractivity contribution in [2.75, 3.05) is 6.61 Å². The number of nitrogens with zero attached hydrogens (tertiary/aromatic N) is 2. The van der Waals surface area contributed by atoms with E-state index in [1.807, 2.05) is 33.8 Å². The first-order valence-electron chi connectivity index (χ1n) is 7.93. The molecule has 2 aromatic rings. The Bertz CT molecular complexity index is 705. The van der Waals surface area contributed by atoms with E-state index in [0.717, 1.165) is 5.56 Å². The lowest BCUT2D eigenvalue weighted by Gasteiger charge is -2.23. The van der Waals surface area contributed by atoms with Crippen LogP contribution in [-0.2, 0) is 11.3 Å². The van der Waals surface area contributed by atoms with Crippen LogP contribution in [0.1, 0.15) is 33.3 Å². The van der Waals surface area contributed by atoms with Gasteiger partial charge in [-0.05, 0) is 45.4 Å². The van der Waals surface area contributed by atoms with Crippen LogP contribution in [0.2, 0.25) is 10.0 Å². The molecular formula is C18H22Cl2N2O3. The van der Waals surface area contributed by atoms with E-state index in [9.17, 15) is 0 Å². The maximum absolute atomic E-state index is 6.01. The molecule has 1 atom stereocenters. The van der Waals surface area contributed by atoms with E-state index in [1.165, 1.54) is 0 Å². The lowest BCUT2D eigenvalue weighted by molar-refractivity contribution is -0.0388. The molecule has 0 fully saturated rings. The smallest absolute Gasteiger partial charge is 0.278 e. The Morgan fingerprint density at radius 1 is 1.04 bits per heavy atom. The summed E-state index contributed by atoms with van der Waals surface area (Å²) in [5, 5.41) is 0.980. The quantitative estimate of drug-likeness (QED) is 0.675. The Hall–Kier alpha value is -1.56. The van der Waals surface area contributed by atoms with Crippen LogP contribution in [0.5, 0.6) is 11.8 Å². The number of hydrogen-bond donors (Lipinski definition) is 0. The van der Waals surface area contributed by atoms with Gasteiger partial charge in [0.25, 0.3) is 11.8 Å². The number of benzene rings is 1. The van der Waals surface area contributed by atoms with Crippen LogP contribution in [0.15, 0.2) is 30.6 Å². The Morgan fingerprint density at radius 3 is 2.36 bits per heavy atom. The molecule has 0 aliphatic rings. The summed E-state index contributed by atoms with van der Waals surface area (Å²) in [7, 11) is 0. The molecule has 2 rings (SSSR count). The molecule has 0 bridgehead atoms. The summed E-state index contributed by atoms with van der Waals surface area (Å²) < 4.78 is 17.2. The van der Waals surface area contributed by atoms with Crippen LogP contribution in [0.4, 0.5) is 0 Å². The molecule has 25 heavy (non-hydrogen) atoms. The molecule has 1 unspecified atom stereocenters. The summed E-state index contributed by atoms with van der Waals surface area (Å²) >= 11 is 11.9. The summed E-state index contributed by atoms with van der Waals surface area (Å²) in [6.45, 7) is 8.60. The summed E-state index contributed by atoms with van der Waals surface area (Å²) in [4.78, 5) is 8.38. The zero-order valence-corrected chi connectivity index (χ0v) is 16.3. The summed E-state index contributed by atoms with van der Waals surface area (Å²) in [6, 6.07) is 5.31. The monoisotopic (exact) mass is 384 g/mol. The Morgan fingerprint density at radius 2 is 1.72 bits per heavy atom. The second kappa shape index (κ2) is 8.70. The van der Waals surface area contributed by atoms with Gasteiger partial charge in [-0.3, -0.25) is 0 Å². The lowest BCUT2D eigenvalue weighted by Crippen LogP contribution is -2.28. The minimum absolute atomic E-state index is 0.191. The fourth-order valence-electron chi connectivity index (χ4n) is 1.87. The first-order valence-corrected chi connectivity index (χ1v) is 8.68. The van der Waals surface area contributed by atoms with Crippen LogP contribution in [0, 0.1) is 0 Å². The largest absolute Gasteiger partial charge is 0.469 e. The third-order valence-corrected chi connectivity index (χ3v) is 3.80. The van der Waals surface area contributed by atoms with Crippen LogP contribution in [0.3, 0.4) is 0 Å². The van der Waals surface area contributed by atoms with Crippen molar-refractivity contribution in [3.05, 3.63) is 46.2 Å². The first kappa shape index (κ1) is 19.8. The van der Waals surface area contributed by atoms with Crippen LogP contribution >= 0.6 is 23.2 Å². The molecule has 0 aliphatic carbocycles. The highest BCUT2D eigenvalue weighted by molar-refractivity contribution is 6.42. The van der Waals surface area contributed by atoms with E-state index in [0.29, 0.717) is 28.4 Å². The number of aromatic nitrogens is 2. The van der Waals surface area contributed by atoms with E-state index in [2.05, 4.69) is 9.97 Å². The topological polar surface area (TPSA) is 53.5 Å². The molecule has 5 nitrogen and oxygen atoms in total. The van der Waals surface area contributed by atoms with Gasteiger partial charge in [-0.2, -0.15) is 0 Å². The predicted octanol–water partition coefficient (Wildman–Crippen LogP) is 4.94. The van der Waals surface area contributed by atoms with Gasteiger partial charge in [-0.15, -0.1) is 0 Å². The van der Waals surface area contributed by atoms with Crippen LogP contribution in [-0.4, -0.2) is 28.3 Å². The summed E-state index contributed by atoms with van der Waals surface area (Å²) in [5.74, 6) is 0.642. The number of rotatable bonds is 7. The highest BCUT2D eigenvalue weighted by Crippen LogP contribution is 2.26. The van der Waals surface area contributed by atoms with E-state index in [1.54, 1.807) is 24.5 Å². The molecule has 0 radical (unpaired) electrons. The molecule has 0 saturated carbocycles. The highest BCUT2D eigenvalue weighted by atomic mass is 35.5. The summed E-state index contributed by atoms with van der Waals surface area (Å²) in [5.41, 5.74) is 0.641. The van der Waals surface area contributed by atoms with Gasteiger partial charge in [0.15, 0.2) is 0 Å². The normalized spacial score (nSPS) is 12.7. The highest BCUT2D eigenvalue weighted by Gasteiger charge is 2.16. The van der Waals surface area contributed by atoms with Gasteiger partial charge in [-0.25, -0.2) is 9.97 Å². The molecule has 0 amide bonds. The van der Waals surface area contributed by atoms with Crippen molar-refractivity contribution in [1.29, 1.82) is 0 Å². The van der Waals surface area contributed by atoms with E-state index < -0.39 is 0 Å². The van der Waals surface area contributed by atoms with Gasteiger partial charge in [-0.1, -0.05) is 29.3 Å². The van der Waals surface area contributed by atoms with Crippen molar-refractivity contribution < 1.29 is 14.2 Å². The molecule has 136 valence electrons. The van der Waals surface area contributed by atoms with Crippen molar-refractivity contribution in [2.45, 2.75) is 46.0 Å². The van der Waals surface area contributed by atoms with Gasteiger partial charge in [0.05, 0.1) is 22.3 Å². The van der Waals surface area contributed by atoms with Crippen molar-refractivity contribution >= 4 is 23.2 Å². The molecule has 1 aromatic heterocycles. The lowest BCUT2D eigenvalue weighted by atomic mass is 10.2. The summed E-state index contributed by atoms with van der Waals surface area (Å²) in [6.07, 6.45) is 2.91. The standard InChI is InChI=1S/C18H22Cl2N2O3/c1-12(10-24-18(2,3)4)25-17-16(21-7-8-22-17)23-11-13-5-6-14(19)15(20)9-13/h5-9,12H,10-11H2,1-4H3. The van der Waals surface area contributed by atoms with Gasteiger partial charge in [0.1, 0.15) is 12.7 Å². The van der Waals surface area contributed by atoms with Gasteiger partial charge in [0.2, 0.25) is 0 Å². The molecule has 0 aliphatic heterocycles. The Balaban J connectivity index is 1.98. The molecular weight excluding hydrogens is 363 g/mol. The van der Waals surface area contributed by atoms with Crippen molar-refractivity contribution in [3.8, 4) is 11.8 Å². The fraction of sp³-hybridized carbons (Fsp3) is 0.444. The number of hydrogen-bond acceptors (Lipinski definition) is 5. The Kier molecular flexibility index (Phi) is 6.87. The van der Waals surface area contributed by atoms with Gasteiger partial charge < -0.3 is 14.2 Å². The average molecular weight is 385 g/mol. The molecule has 1 aromatic carbocycles.